The number of thioether (sulfide) groups is 1. The molecule has 1 aliphatic rings. The first kappa shape index (κ1) is 27.1. The van der Waals surface area contributed by atoms with E-state index in [1.54, 1.807) is 49.4 Å². The van der Waals surface area contributed by atoms with Crippen LogP contribution in [0.2, 0.25) is 5.02 Å². The van der Waals surface area contributed by atoms with Gasteiger partial charge in [-0.15, -0.1) is 10.2 Å². The fourth-order valence-electron chi connectivity index (χ4n) is 4.78. The normalized spacial score (nSPS) is 16.7. The molecule has 4 heterocycles. The van der Waals surface area contributed by atoms with Gasteiger partial charge in [-0.3, -0.25) is 14.5 Å². The van der Waals surface area contributed by atoms with Gasteiger partial charge in [0.25, 0.3) is 5.78 Å². The number of imidazole rings is 1. The van der Waals surface area contributed by atoms with E-state index in [0.29, 0.717) is 37.6 Å². The van der Waals surface area contributed by atoms with E-state index in [4.69, 9.17) is 11.6 Å². The van der Waals surface area contributed by atoms with E-state index in [2.05, 4.69) is 15.2 Å². The molecule has 1 aliphatic heterocycles. The van der Waals surface area contributed by atoms with Gasteiger partial charge in [0.1, 0.15) is 17.2 Å². The second-order valence-corrected chi connectivity index (χ2v) is 12.0. The van der Waals surface area contributed by atoms with Gasteiger partial charge in [0, 0.05) is 17.0 Å². The molecular formula is C29H21ClFN5O3S2. The molecule has 6 rings (SSSR count). The number of fused-ring (bicyclic) bond motifs is 1. The highest BCUT2D eigenvalue weighted by Gasteiger charge is 2.48. The number of carbonyl (C=O) groups excluding carboxylic acids is 2. The van der Waals surface area contributed by atoms with Gasteiger partial charge in [0.2, 0.25) is 5.13 Å². The van der Waals surface area contributed by atoms with Crippen LogP contribution < -0.4 is 4.90 Å². The number of Topliss-reactive ketones (excluding diaryl/α,β-unsaturated/α-hetero) is 1. The predicted molar refractivity (Wildman–Crippen MR) is 157 cm³/mol. The number of aromatic nitrogens is 4. The lowest BCUT2D eigenvalue weighted by atomic mass is 9.96. The van der Waals surface area contributed by atoms with Crippen LogP contribution in [0, 0.1) is 19.7 Å². The molecule has 0 saturated carbocycles. The Morgan fingerprint density at radius 1 is 1.07 bits per heavy atom. The van der Waals surface area contributed by atoms with Gasteiger partial charge < -0.3 is 9.51 Å². The van der Waals surface area contributed by atoms with Crippen LogP contribution in [0.25, 0.3) is 11.4 Å². The molecule has 5 aromatic rings. The average Bonchev–Trinajstić information content (AvgIpc) is 3.64. The Morgan fingerprint density at radius 2 is 1.83 bits per heavy atom. The van der Waals surface area contributed by atoms with Crippen molar-refractivity contribution in [3.63, 3.8) is 0 Å². The smallest absolute Gasteiger partial charge is 0.301 e. The number of rotatable bonds is 6. The summed E-state index contributed by atoms with van der Waals surface area (Å²) >= 11 is 8.50. The second-order valence-electron chi connectivity index (χ2n) is 9.38. The number of aliphatic hydroxyl groups is 1. The number of anilines is 1. The summed E-state index contributed by atoms with van der Waals surface area (Å²) in [6.07, 6.45) is 1.82. The minimum absolute atomic E-state index is 0.114. The largest absolute Gasteiger partial charge is 0.505 e. The van der Waals surface area contributed by atoms with E-state index in [-0.39, 0.29) is 28.0 Å². The molecule has 1 saturated heterocycles. The molecule has 12 heteroatoms. The van der Waals surface area contributed by atoms with Crippen LogP contribution in [-0.4, -0.2) is 36.4 Å². The summed E-state index contributed by atoms with van der Waals surface area (Å²) < 4.78 is 16.4. The second kappa shape index (κ2) is 10.7. The van der Waals surface area contributed by atoms with Crippen LogP contribution in [0.1, 0.15) is 34.1 Å². The van der Waals surface area contributed by atoms with E-state index in [1.807, 2.05) is 29.7 Å². The molecule has 0 bridgehead atoms. The summed E-state index contributed by atoms with van der Waals surface area (Å²) in [6, 6.07) is 15.9. The number of benzene rings is 2. The van der Waals surface area contributed by atoms with E-state index in [9.17, 15) is 19.1 Å². The molecule has 1 atom stereocenters. The Morgan fingerprint density at radius 3 is 2.56 bits per heavy atom. The standard InChI is InChI=1S/C29H21ClFN5O3S2/c1-15-6-5-13-35-16(2)22(32-26(15)35)24(37)21-23(17-9-11-19(30)12-10-17)36(27(39)25(21)38)28-33-34-29(41-28)40-14-18-7-3-4-8-20(18)31/h3-13,23,37H,14H2,1-2H3. The van der Waals surface area contributed by atoms with Crippen molar-refractivity contribution in [3.8, 4) is 0 Å². The number of hydrogen-bond acceptors (Lipinski definition) is 8. The number of amides is 1. The number of aliphatic hydroxyl groups excluding tert-OH is 1. The first-order chi connectivity index (χ1) is 19.7. The Bertz CT molecular complexity index is 1870. The predicted octanol–water partition coefficient (Wildman–Crippen LogP) is 6.51. The quantitative estimate of drug-likeness (QED) is 0.0774. The average molecular weight is 606 g/mol. The third-order valence-electron chi connectivity index (χ3n) is 6.85. The molecule has 2 aromatic carbocycles. The molecule has 8 nitrogen and oxygen atoms in total. The van der Waals surface area contributed by atoms with Crippen LogP contribution in [-0.2, 0) is 15.3 Å². The van der Waals surface area contributed by atoms with Gasteiger partial charge in [0.15, 0.2) is 10.1 Å². The maximum Gasteiger partial charge on any atom is 0.301 e. The first-order valence-electron chi connectivity index (χ1n) is 12.5. The highest BCUT2D eigenvalue weighted by Crippen LogP contribution is 2.44. The van der Waals surface area contributed by atoms with Gasteiger partial charge in [-0.05, 0) is 54.8 Å². The third-order valence-corrected chi connectivity index (χ3v) is 9.21. The van der Waals surface area contributed by atoms with Gasteiger partial charge in [-0.25, -0.2) is 9.37 Å². The summed E-state index contributed by atoms with van der Waals surface area (Å²) in [4.78, 5) is 32.9. The van der Waals surface area contributed by atoms with Crippen molar-refractivity contribution in [1.29, 1.82) is 0 Å². The van der Waals surface area contributed by atoms with Crippen molar-refractivity contribution in [2.45, 2.75) is 30.0 Å². The SMILES string of the molecule is Cc1cccn2c(C)c(C(O)=C3C(=O)C(=O)N(c4nnc(SCc5ccccc5F)s4)C3c3ccc(Cl)cc3)nc12. The molecule has 41 heavy (non-hydrogen) atoms. The van der Waals surface area contributed by atoms with Crippen molar-refractivity contribution < 1.29 is 19.1 Å². The molecule has 1 unspecified atom stereocenters. The number of pyridine rings is 1. The maximum atomic E-state index is 14.1. The zero-order valence-electron chi connectivity index (χ0n) is 21.7. The van der Waals surface area contributed by atoms with E-state index in [0.717, 1.165) is 16.9 Å². The van der Waals surface area contributed by atoms with E-state index < -0.39 is 17.7 Å². The summed E-state index contributed by atoms with van der Waals surface area (Å²) in [5.74, 6) is -2.12. The minimum atomic E-state index is -1.00. The van der Waals surface area contributed by atoms with Gasteiger partial charge in [0.05, 0.1) is 17.3 Å². The van der Waals surface area contributed by atoms with Crippen molar-refractivity contribution in [2.24, 2.45) is 0 Å². The fourth-order valence-corrected chi connectivity index (χ4v) is 6.76. The monoisotopic (exact) mass is 605 g/mol. The molecule has 0 spiro atoms. The Hall–Kier alpha value is -4.06. The minimum Gasteiger partial charge on any atom is -0.505 e. The first-order valence-corrected chi connectivity index (χ1v) is 14.6. The molecular weight excluding hydrogens is 585 g/mol. The summed E-state index contributed by atoms with van der Waals surface area (Å²) in [7, 11) is 0. The number of carbonyl (C=O) groups is 2. The number of aryl methyl sites for hydroxylation is 2. The van der Waals surface area contributed by atoms with E-state index >= 15 is 0 Å². The Labute approximate surface area is 247 Å². The fraction of sp³-hybridized carbons (Fsp3) is 0.138. The summed E-state index contributed by atoms with van der Waals surface area (Å²) in [5.41, 5.74) is 3.28. The van der Waals surface area contributed by atoms with Crippen molar-refractivity contribution in [1.82, 2.24) is 19.6 Å². The van der Waals surface area contributed by atoms with Crippen LogP contribution in [0.15, 0.2) is 76.8 Å². The van der Waals surface area contributed by atoms with Crippen molar-refractivity contribution in [3.05, 3.63) is 111 Å². The number of nitrogens with zero attached hydrogens (tertiary/aromatic N) is 5. The molecule has 206 valence electrons. The lowest BCUT2D eigenvalue weighted by Gasteiger charge is -2.22. The topological polar surface area (TPSA) is 101 Å². The molecule has 1 fully saturated rings. The molecule has 3 aromatic heterocycles. The zero-order valence-corrected chi connectivity index (χ0v) is 24.1. The lowest BCUT2D eigenvalue weighted by molar-refractivity contribution is -0.132. The van der Waals surface area contributed by atoms with Crippen molar-refractivity contribution >= 4 is 62.9 Å². The van der Waals surface area contributed by atoms with Gasteiger partial charge in [-0.2, -0.15) is 0 Å². The summed E-state index contributed by atoms with van der Waals surface area (Å²) in [6.45, 7) is 3.68. The molecule has 1 amide bonds. The number of hydrogen-bond donors (Lipinski definition) is 1. The van der Waals surface area contributed by atoms with Crippen LogP contribution in [0.5, 0.6) is 0 Å². The van der Waals surface area contributed by atoms with Crippen molar-refractivity contribution in [2.75, 3.05) is 4.90 Å². The molecule has 0 aliphatic carbocycles. The Balaban J connectivity index is 1.44. The van der Waals surface area contributed by atoms with Gasteiger partial charge in [-0.1, -0.05) is 71.1 Å². The number of halogens is 2. The Kier molecular flexibility index (Phi) is 7.10. The lowest BCUT2D eigenvalue weighted by Crippen LogP contribution is -2.29. The van der Waals surface area contributed by atoms with Crippen LogP contribution in [0.3, 0.4) is 0 Å². The highest BCUT2D eigenvalue weighted by atomic mass is 35.5. The van der Waals surface area contributed by atoms with Crippen LogP contribution >= 0.6 is 34.7 Å². The maximum absolute atomic E-state index is 14.1. The third kappa shape index (κ3) is 4.79. The molecule has 1 N–H and O–H groups in total. The van der Waals surface area contributed by atoms with E-state index in [1.165, 1.54) is 22.7 Å². The summed E-state index contributed by atoms with van der Waals surface area (Å²) in [5, 5.41) is 20.6. The zero-order chi connectivity index (χ0) is 28.8. The van der Waals surface area contributed by atoms with Gasteiger partial charge >= 0.3 is 5.91 Å². The molecule has 0 radical (unpaired) electrons. The number of ketones is 1. The highest BCUT2D eigenvalue weighted by molar-refractivity contribution is 8.00. The van der Waals surface area contributed by atoms with Crippen LogP contribution in [0.4, 0.5) is 9.52 Å².